The first kappa shape index (κ1) is 29.6. The van der Waals surface area contributed by atoms with Crippen LogP contribution in [0.4, 0.5) is 17.1 Å². The molecule has 4 atom stereocenters. The average molecular weight is 576 g/mol. The van der Waals surface area contributed by atoms with Crippen molar-refractivity contribution in [1.29, 1.82) is 5.26 Å². The molecule has 42 heavy (non-hydrogen) atoms. The number of pyridine rings is 1. The zero-order valence-electron chi connectivity index (χ0n) is 21.0. The Balaban J connectivity index is 1.78. The van der Waals surface area contributed by atoms with Gasteiger partial charge in [-0.3, -0.25) is 19.6 Å². The molecule has 0 radical (unpaired) electrons. The van der Waals surface area contributed by atoms with Gasteiger partial charge >= 0.3 is 0 Å². The van der Waals surface area contributed by atoms with Gasteiger partial charge in [-0.15, -0.1) is 0 Å². The van der Waals surface area contributed by atoms with Crippen molar-refractivity contribution in [2.75, 3.05) is 5.32 Å². The van der Waals surface area contributed by atoms with Crippen LogP contribution in [-0.4, -0.2) is 48.1 Å². The molecule has 0 saturated heterocycles. The second kappa shape index (κ2) is 12.9. The Morgan fingerprint density at radius 1 is 0.952 bits per heavy atom. The predicted molar refractivity (Wildman–Crippen MR) is 139 cm³/mol. The van der Waals surface area contributed by atoms with Gasteiger partial charge in [0.2, 0.25) is 6.04 Å². The summed E-state index contributed by atoms with van der Waals surface area (Å²) in [7, 11) is 0. The first-order chi connectivity index (χ1) is 20.1. The number of hydroxylamine groups is 2. The fourth-order valence-corrected chi connectivity index (χ4v) is 3.67. The maximum atomic E-state index is 13.5. The molecule has 0 aliphatic rings. The summed E-state index contributed by atoms with van der Waals surface area (Å²) in [5.74, 6) is -2.00. The fourth-order valence-electron chi connectivity index (χ4n) is 3.67. The highest BCUT2D eigenvalue weighted by Crippen LogP contribution is 2.20. The van der Waals surface area contributed by atoms with E-state index in [1.54, 1.807) is 6.07 Å². The molecule has 4 rings (SSSR count). The lowest BCUT2D eigenvalue weighted by Gasteiger charge is -2.24. The van der Waals surface area contributed by atoms with E-state index in [1.165, 1.54) is 42.7 Å². The predicted octanol–water partition coefficient (Wildman–Crippen LogP) is -2.06. The highest BCUT2D eigenvalue weighted by Gasteiger charge is 2.34. The first-order valence-corrected chi connectivity index (χ1v) is 11.7. The Labute approximate surface area is 234 Å². The van der Waals surface area contributed by atoms with E-state index >= 15 is 0 Å². The fraction of sp³-hybridized carbons (Fsp3) is 0.0417. The van der Waals surface area contributed by atoms with Gasteiger partial charge in [0.25, 0.3) is 11.8 Å². The van der Waals surface area contributed by atoms with Gasteiger partial charge < -0.3 is 20.9 Å². The van der Waals surface area contributed by atoms with Crippen LogP contribution in [0.1, 0.15) is 27.7 Å². The molecule has 0 spiro atoms. The van der Waals surface area contributed by atoms with Gasteiger partial charge in [0.1, 0.15) is 11.8 Å². The molecular weight excluding hydrogens is 556 g/mol. The van der Waals surface area contributed by atoms with E-state index in [4.69, 9.17) is 0 Å². The Hall–Kier alpha value is -5.33. The average Bonchev–Trinajstić information content (AvgIpc) is 2.98. The molecule has 4 aromatic rings. The molecule has 214 valence electrons. The van der Waals surface area contributed by atoms with Gasteiger partial charge in [-0.25, -0.2) is 31.3 Å². The van der Waals surface area contributed by atoms with E-state index in [0.29, 0.717) is 0 Å². The summed E-state index contributed by atoms with van der Waals surface area (Å²) in [4.78, 5) is 38.2. The number of anilines is 1. The van der Waals surface area contributed by atoms with E-state index in [2.05, 4.69) is 30.8 Å². The number of benzene rings is 2. The number of nitrogens with one attached hydrogen (secondary N) is 5. The van der Waals surface area contributed by atoms with Crippen molar-refractivity contribution in [2.24, 2.45) is 5.10 Å². The molecule has 8 N–H and O–H groups in total. The zero-order valence-corrected chi connectivity index (χ0v) is 21.0. The zero-order chi connectivity index (χ0) is 30.4. The van der Waals surface area contributed by atoms with Crippen LogP contribution in [0.5, 0.6) is 0 Å². The standard InChI is InChI=1S/C24H20N10O8/c25-11-14-9-15(32(37)38)1-3-17(14)29-24(36)21(30-31-23(35)13-5-7-26-8-6-13)22(34(41)42)20-12-27-18-4-2-16(33(39)40)10-19(18)28-20/h1-10,12,22,32-34,37,39,41H,(H,29,36)(H,31,35)/b30-21+. The van der Waals surface area contributed by atoms with Crippen LogP contribution in [-0.2, 0) is 4.79 Å². The van der Waals surface area contributed by atoms with Crippen molar-refractivity contribution in [3.8, 4) is 6.07 Å². The second-order valence-electron chi connectivity index (χ2n) is 8.38. The topological polar surface area (TPSA) is 276 Å². The molecular formula is C24H20N10O8. The number of hydrogen-bond acceptors (Lipinski definition) is 13. The smallest absolute Gasteiger partial charge is 0.278 e. The van der Waals surface area contributed by atoms with Gasteiger partial charge in [-0.2, -0.15) is 20.8 Å². The van der Waals surface area contributed by atoms with E-state index < -0.39 is 39.2 Å². The Bertz CT molecular complexity index is 1690. The number of aromatic nitrogens is 3. The SMILES string of the molecule is N#Cc1cc([NH+]([O-])O)ccc1NC(=O)/C(=N/NC(=O)c1ccncc1)C(c1cnc2ccc([NH+]([O-])O)cc2n1)[NH+]([O-])O. The van der Waals surface area contributed by atoms with Crippen molar-refractivity contribution in [1.82, 2.24) is 20.4 Å². The van der Waals surface area contributed by atoms with E-state index in [0.717, 1.165) is 24.4 Å². The monoisotopic (exact) mass is 576 g/mol. The van der Waals surface area contributed by atoms with Crippen molar-refractivity contribution in [3.63, 3.8) is 0 Å². The summed E-state index contributed by atoms with van der Waals surface area (Å²) in [6.07, 6.45) is 3.70. The normalized spacial score (nSPS) is 14.4. The number of nitriles is 1. The van der Waals surface area contributed by atoms with Crippen LogP contribution in [0, 0.1) is 27.0 Å². The first-order valence-electron chi connectivity index (χ1n) is 11.7. The van der Waals surface area contributed by atoms with E-state index in [1.807, 2.05) is 0 Å². The quantitative estimate of drug-likeness (QED) is 0.0789. The number of carbonyl (C=O) groups is 2. The third-order valence-electron chi connectivity index (χ3n) is 5.71. The maximum absolute atomic E-state index is 13.5. The Morgan fingerprint density at radius 2 is 1.62 bits per heavy atom. The highest BCUT2D eigenvalue weighted by atomic mass is 16.8. The second-order valence-corrected chi connectivity index (χ2v) is 8.38. The lowest BCUT2D eigenvalue weighted by atomic mass is 10.1. The molecule has 0 fully saturated rings. The molecule has 0 aliphatic carbocycles. The third-order valence-corrected chi connectivity index (χ3v) is 5.71. The Kier molecular flexibility index (Phi) is 9.10. The maximum Gasteiger partial charge on any atom is 0.278 e. The lowest BCUT2D eigenvalue weighted by Crippen LogP contribution is -3.06. The molecule has 18 nitrogen and oxygen atoms in total. The number of amides is 2. The van der Waals surface area contributed by atoms with Crippen molar-refractivity contribution in [2.45, 2.75) is 6.04 Å². The van der Waals surface area contributed by atoms with Crippen LogP contribution in [0.15, 0.2) is 72.2 Å². The van der Waals surface area contributed by atoms with Crippen molar-refractivity contribution >= 4 is 45.6 Å². The van der Waals surface area contributed by atoms with Gasteiger partial charge in [-0.05, 0) is 24.3 Å². The number of hydrogen-bond donors (Lipinski definition) is 8. The molecule has 2 heterocycles. The molecule has 2 amide bonds. The number of quaternary nitrogens is 3. The minimum Gasteiger partial charge on any atom is -0.599 e. The number of nitrogens with zero attached hydrogens (tertiary/aromatic N) is 5. The summed E-state index contributed by atoms with van der Waals surface area (Å²) in [5.41, 5.74) is 0.525. The van der Waals surface area contributed by atoms with Crippen LogP contribution < -0.4 is 26.4 Å². The lowest BCUT2D eigenvalue weighted by molar-refractivity contribution is -1.06. The molecule has 2 aromatic heterocycles. The van der Waals surface area contributed by atoms with Crippen molar-refractivity contribution < 1.29 is 40.9 Å². The van der Waals surface area contributed by atoms with Crippen molar-refractivity contribution in [3.05, 3.63) is 99.6 Å². The van der Waals surface area contributed by atoms with Crippen LogP contribution in [0.25, 0.3) is 11.0 Å². The minimum absolute atomic E-state index is 0.00950. The van der Waals surface area contributed by atoms with Crippen LogP contribution in [0.3, 0.4) is 0 Å². The van der Waals surface area contributed by atoms with E-state index in [-0.39, 0.29) is 44.9 Å². The number of fused-ring (bicyclic) bond motifs is 1. The summed E-state index contributed by atoms with van der Waals surface area (Å²) in [5, 5.41) is 75.2. The molecule has 0 aliphatic heterocycles. The largest absolute Gasteiger partial charge is 0.599 e. The summed E-state index contributed by atoms with van der Waals surface area (Å²) in [6, 6.07) is 9.55. The molecule has 18 heteroatoms. The van der Waals surface area contributed by atoms with Gasteiger partial charge in [-0.1, -0.05) is 0 Å². The van der Waals surface area contributed by atoms with Gasteiger partial charge in [0.05, 0.1) is 28.5 Å². The molecule has 2 aromatic carbocycles. The molecule has 4 unspecified atom stereocenters. The van der Waals surface area contributed by atoms with Gasteiger partial charge in [0.15, 0.2) is 17.1 Å². The van der Waals surface area contributed by atoms with Crippen LogP contribution >= 0.6 is 0 Å². The van der Waals surface area contributed by atoms with E-state index in [9.17, 15) is 46.1 Å². The third kappa shape index (κ3) is 6.69. The summed E-state index contributed by atoms with van der Waals surface area (Å²) >= 11 is 0. The molecule has 0 bridgehead atoms. The highest BCUT2D eigenvalue weighted by molar-refractivity contribution is 6.44. The minimum atomic E-state index is -1.95. The number of hydrazone groups is 1. The molecule has 0 saturated carbocycles. The number of rotatable bonds is 9. The number of carbonyl (C=O) groups excluding carboxylic acids is 2. The van der Waals surface area contributed by atoms with Gasteiger partial charge in [0, 0.05) is 42.2 Å². The van der Waals surface area contributed by atoms with Crippen LogP contribution in [0.2, 0.25) is 0 Å². The Morgan fingerprint density at radius 3 is 2.26 bits per heavy atom. The summed E-state index contributed by atoms with van der Waals surface area (Å²) in [6.45, 7) is 0. The summed E-state index contributed by atoms with van der Waals surface area (Å²) < 4.78 is 0.